The van der Waals surface area contributed by atoms with Gasteiger partial charge in [-0.25, -0.2) is 4.98 Å². The number of hydrogen-bond donors (Lipinski definition) is 2. The molecule has 2 N–H and O–H groups in total. The molecule has 0 saturated carbocycles. The Labute approximate surface area is 134 Å². The van der Waals surface area contributed by atoms with Crippen molar-refractivity contribution in [3.63, 3.8) is 0 Å². The Morgan fingerprint density at radius 2 is 2.00 bits per heavy atom. The van der Waals surface area contributed by atoms with Crippen LogP contribution in [0.25, 0.3) is 0 Å². The molecule has 5 nitrogen and oxygen atoms in total. The highest BCUT2D eigenvalue weighted by atomic mass is 16.5. The van der Waals surface area contributed by atoms with Crippen molar-refractivity contribution in [2.24, 2.45) is 0 Å². The standard InChI is InChI=1S/C18H17N3O2/c1-12-6-3-9-16(13(12)2)23-18-15(8-5-11-20-18)21-17(22)14-7-4-10-19-14/h3-11,19H,1-2H3,(H,21,22). The van der Waals surface area contributed by atoms with E-state index in [1.165, 1.54) is 0 Å². The van der Waals surface area contributed by atoms with Gasteiger partial charge in [0.05, 0.1) is 0 Å². The van der Waals surface area contributed by atoms with Gasteiger partial charge in [-0.3, -0.25) is 4.79 Å². The van der Waals surface area contributed by atoms with Crippen molar-refractivity contribution in [1.29, 1.82) is 0 Å². The summed E-state index contributed by atoms with van der Waals surface area (Å²) in [6.45, 7) is 4.01. The molecule has 3 rings (SSSR count). The van der Waals surface area contributed by atoms with Gasteiger partial charge in [0.1, 0.15) is 17.1 Å². The lowest BCUT2D eigenvalue weighted by molar-refractivity contribution is 0.102. The van der Waals surface area contributed by atoms with Gasteiger partial charge in [0.15, 0.2) is 0 Å². The molecule has 23 heavy (non-hydrogen) atoms. The minimum atomic E-state index is -0.242. The Kier molecular flexibility index (Phi) is 4.10. The largest absolute Gasteiger partial charge is 0.437 e. The quantitative estimate of drug-likeness (QED) is 0.763. The van der Waals surface area contributed by atoms with Crippen molar-refractivity contribution in [2.75, 3.05) is 5.32 Å². The molecule has 0 atom stereocenters. The fourth-order valence-corrected chi connectivity index (χ4v) is 2.17. The van der Waals surface area contributed by atoms with E-state index in [1.54, 1.807) is 36.7 Å². The summed E-state index contributed by atoms with van der Waals surface area (Å²) in [6, 6.07) is 12.8. The number of hydrogen-bond acceptors (Lipinski definition) is 3. The summed E-state index contributed by atoms with van der Waals surface area (Å²) in [4.78, 5) is 19.3. The average Bonchev–Trinajstić information content (AvgIpc) is 3.08. The van der Waals surface area contributed by atoms with Crippen molar-refractivity contribution in [3.05, 3.63) is 71.7 Å². The van der Waals surface area contributed by atoms with Gasteiger partial charge in [0.2, 0.25) is 5.88 Å². The van der Waals surface area contributed by atoms with Gasteiger partial charge in [-0.05, 0) is 55.3 Å². The number of anilines is 1. The summed E-state index contributed by atoms with van der Waals surface area (Å²) in [5.74, 6) is 0.842. The minimum absolute atomic E-state index is 0.242. The van der Waals surface area contributed by atoms with Crippen molar-refractivity contribution in [3.8, 4) is 11.6 Å². The number of aromatic amines is 1. The van der Waals surface area contributed by atoms with Crippen LogP contribution < -0.4 is 10.1 Å². The van der Waals surface area contributed by atoms with E-state index in [0.29, 0.717) is 17.3 Å². The van der Waals surface area contributed by atoms with Gasteiger partial charge in [0, 0.05) is 12.4 Å². The zero-order valence-electron chi connectivity index (χ0n) is 13.0. The molecule has 0 spiro atoms. The molecule has 0 bridgehead atoms. The van der Waals surface area contributed by atoms with E-state index in [1.807, 2.05) is 32.0 Å². The second-order valence-electron chi connectivity index (χ2n) is 5.19. The lowest BCUT2D eigenvalue weighted by Gasteiger charge is -2.13. The molecule has 0 aliphatic carbocycles. The Morgan fingerprint density at radius 3 is 2.78 bits per heavy atom. The summed E-state index contributed by atoms with van der Waals surface area (Å²) in [6.07, 6.45) is 3.33. The molecule has 0 fully saturated rings. The van der Waals surface area contributed by atoms with Gasteiger partial charge in [-0.1, -0.05) is 12.1 Å². The van der Waals surface area contributed by atoms with Crippen molar-refractivity contribution >= 4 is 11.6 Å². The third-order valence-electron chi connectivity index (χ3n) is 3.62. The van der Waals surface area contributed by atoms with Crippen LogP contribution in [0.3, 0.4) is 0 Å². The summed E-state index contributed by atoms with van der Waals surface area (Å²) in [5, 5.41) is 2.81. The number of amides is 1. The molecule has 0 radical (unpaired) electrons. The monoisotopic (exact) mass is 307 g/mol. The van der Waals surface area contributed by atoms with Gasteiger partial charge < -0.3 is 15.0 Å². The Bertz CT molecular complexity index is 826. The number of ether oxygens (including phenoxy) is 1. The van der Waals surface area contributed by atoms with Gasteiger partial charge >= 0.3 is 0 Å². The molecule has 0 unspecified atom stereocenters. The SMILES string of the molecule is Cc1cccc(Oc2ncccc2NC(=O)c2ccc[nH]2)c1C. The topological polar surface area (TPSA) is 67.0 Å². The first-order chi connectivity index (χ1) is 11.1. The second kappa shape index (κ2) is 6.36. The summed E-state index contributed by atoms with van der Waals surface area (Å²) < 4.78 is 5.90. The molecule has 116 valence electrons. The molecule has 3 aromatic rings. The number of aryl methyl sites for hydroxylation is 1. The van der Waals surface area contributed by atoms with E-state index in [4.69, 9.17) is 4.74 Å². The first kappa shape index (κ1) is 14.8. The Balaban J connectivity index is 1.86. The second-order valence-corrected chi connectivity index (χ2v) is 5.19. The summed E-state index contributed by atoms with van der Waals surface area (Å²) >= 11 is 0. The van der Waals surface area contributed by atoms with Crippen LogP contribution in [0.5, 0.6) is 11.6 Å². The van der Waals surface area contributed by atoms with Gasteiger partial charge in [-0.2, -0.15) is 0 Å². The fourth-order valence-electron chi connectivity index (χ4n) is 2.17. The number of H-pyrrole nitrogens is 1. The smallest absolute Gasteiger partial charge is 0.272 e. The van der Waals surface area contributed by atoms with E-state index >= 15 is 0 Å². The maximum absolute atomic E-state index is 12.2. The summed E-state index contributed by atoms with van der Waals surface area (Å²) in [5.41, 5.74) is 3.18. The maximum atomic E-state index is 12.2. The van der Waals surface area contributed by atoms with Crippen LogP contribution >= 0.6 is 0 Å². The predicted octanol–water partition coefficient (Wildman–Crippen LogP) is 4.07. The molecular weight excluding hydrogens is 290 g/mol. The number of carbonyl (C=O) groups excluding carboxylic acids is 1. The molecular formula is C18H17N3O2. The van der Waals surface area contributed by atoms with Gasteiger partial charge in [-0.15, -0.1) is 0 Å². The zero-order valence-corrected chi connectivity index (χ0v) is 13.0. The first-order valence-corrected chi connectivity index (χ1v) is 7.29. The van der Waals surface area contributed by atoms with E-state index in [-0.39, 0.29) is 5.91 Å². The summed E-state index contributed by atoms with van der Waals surface area (Å²) in [7, 11) is 0. The van der Waals surface area contributed by atoms with Crippen LogP contribution in [0.4, 0.5) is 5.69 Å². The van der Waals surface area contributed by atoms with E-state index in [9.17, 15) is 4.79 Å². The average molecular weight is 307 g/mol. The number of aromatic nitrogens is 2. The number of pyridine rings is 1. The Hall–Kier alpha value is -3.08. The van der Waals surface area contributed by atoms with E-state index < -0.39 is 0 Å². The molecule has 0 aliphatic rings. The molecule has 1 amide bonds. The van der Waals surface area contributed by atoms with Crippen LogP contribution in [0.15, 0.2) is 54.9 Å². The molecule has 2 heterocycles. The van der Waals surface area contributed by atoms with E-state index in [2.05, 4.69) is 15.3 Å². The van der Waals surface area contributed by atoms with Crippen LogP contribution in [0.1, 0.15) is 21.6 Å². The lowest BCUT2D eigenvalue weighted by Crippen LogP contribution is -2.13. The molecule has 0 saturated heterocycles. The molecule has 2 aromatic heterocycles. The number of rotatable bonds is 4. The normalized spacial score (nSPS) is 10.3. The highest BCUT2D eigenvalue weighted by Crippen LogP contribution is 2.30. The van der Waals surface area contributed by atoms with Gasteiger partial charge in [0.25, 0.3) is 5.91 Å². The molecule has 5 heteroatoms. The van der Waals surface area contributed by atoms with Crippen LogP contribution in [0.2, 0.25) is 0 Å². The third-order valence-corrected chi connectivity index (χ3v) is 3.62. The highest BCUT2D eigenvalue weighted by molar-refractivity contribution is 6.03. The van der Waals surface area contributed by atoms with Crippen LogP contribution in [0, 0.1) is 13.8 Å². The highest BCUT2D eigenvalue weighted by Gasteiger charge is 2.13. The third kappa shape index (κ3) is 3.23. The Morgan fingerprint density at radius 1 is 1.13 bits per heavy atom. The van der Waals surface area contributed by atoms with Crippen LogP contribution in [-0.2, 0) is 0 Å². The van der Waals surface area contributed by atoms with E-state index in [0.717, 1.165) is 16.9 Å². The first-order valence-electron chi connectivity index (χ1n) is 7.29. The number of nitrogens with zero attached hydrogens (tertiary/aromatic N) is 1. The molecule has 1 aromatic carbocycles. The number of carbonyl (C=O) groups is 1. The van der Waals surface area contributed by atoms with Crippen molar-refractivity contribution in [1.82, 2.24) is 9.97 Å². The zero-order chi connectivity index (χ0) is 16.2. The maximum Gasteiger partial charge on any atom is 0.272 e. The van der Waals surface area contributed by atoms with Crippen molar-refractivity contribution in [2.45, 2.75) is 13.8 Å². The predicted molar refractivity (Wildman–Crippen MR) is 89.0 cm³/mol. The van der Waals surface area contributed by atoms with Crippen LogP contribution in [-0.4, -0.2) is 15.9 Å². The molecule has 0 aliphatic heterocycles. The lowest BCUT2D eigenvalue weighted by atomic mass is 10.1. The van der Waals surface area contributed by atoms with Crippen molar-refractivity contribution < 1.29 is 9.53 Å². The number of nitrogens with one attached hydrogen (secondary N) is 2. The fraction of sp³-hybridized carbons (Fsp3) is 0.111. The minimum Gasteiger partial charge on any atom is -0.437 e. The number of benzene rings is 1.